The molecular weight excluding hydrogens is 127 g/mol. The predicted octanol–water partition coefficient (Wildman–Crippen LogP) is 2.27. The molecule has 0 aromatic heterocycles. The van der Waals surface area contributed by atoms with Gasteiger partial charge in [0.2, 0.25) is 0 Å². The van der Waals surface area contributed by atoms with Crippen LogP contribution in [-0.4, -0.2) is 0 Å². The van der Waals surface area contributed by atoms with E-state index in [4.69, 9.17) is 0 Å². The van der Waals surface area contributed by atoms with Crippen LogP contribution in [0, 0.1) is 19.0 Å². The minimum atomic E-state index is 0.755. The molecule has 1 aromatic carbocycles. The minimum Gasteiger partial charge on any atom is -0.144 e. The van der Waals surface area contributed by atoms with Crippen molar-refractivity contribution in [3.05, 3.63) is 35.4 Å². The second kappa shape index (κ2) is 3.03. The molecule has 1 heteroatoms. The molecule has 0 aliphatic rings. The fraction of sp³-hybridized carbons (Fsp3) is 0.111. The van der Waals surface area contributed by atoms with Gasteiger partial charge < -0.3 is 0 Å². The number of halogens is 1. The Bertz CT molecular complexity index is 278. The second-order valence-electron chi connectivity index (χ2n) is 2.03. The van der Waals surface area contributed by atoms with Crippen molar-refractivity contribution in [1.29, 1.82) is 0 Å². The van der Waals surface area contributed by atoms with E-state index >= 15 is 0 Å². The van der Waals surface area contributed by atoms with Crippen LogP contribution in [0.25, 0.3) is 0 Å². The lowest BCUT2D eigenvalue weighted by Crippen LogP contribution is -1.78. The maximum absolute atomic E-state index is 11.5. The first-order valence-corrected chi connectivity index (χ1v) is 3.02. The van der Waals surface area contributed by atoms with E-state index in [1.165, 1.54) is 6.17 Å². The van der Waals surface area contributed by atoms with E-state index in [0.29, 0.717) is 0 Å². The molecule has 0 nitrogen and oxygen atoms in total. The summed E-state index contributed by atoms with van der Waals surface area (Å²) in [6.07, 6.45) is 1.37. The highest BCUT2D eigenvalue weighted by molar-refractivity contribution is 5.39. The van der Waals surface area contributed by atoms with Crippen molar-refractivity contribution >= 4 is 0 Å². The first kappa shape index (κ1) is 6.82. The van der Waals surface area contributed by atoms with Crippen molar-refractivity contribution in [2.45, 2.75) is 6.92 Å². The average molecular weight is 134 g/mol. The molecule has 0 unspecified atom stereocenters. The number of benzene rings is 1. The molecular formula is C9H7F. The van der Waals surface area contributed by atoms with E-state index in [2.05, 4.69) is 5.92 Å². The fourth-order valence-corrected chi connectivity index (χ4v) is 0.764. The van der Waals surface area contributed by atoms with Crippen molar-refractivity contribution < 1.29 is 4.39 Å². The Morgan fingerprint density at radius 2 is 2.00 bits per heavy atom. The van der Waals surface area contributed by atoms with Gasteiger partial charge in [0.25, 0.3) is 0 Å². The van der Waals surface area contributed by atoms with Crippen molar-refractivity contribution in [2.24, 2.45) is 0 Å². The summed E-state index contributed by atoms with van der Waals surface area (Å²) in [5, 5.41) is 0. The molecule has 1 aromatic rings. The highest BCUT2D eigenvalue weighted by Crippen LogP contribution is 2.03. The summed E-state index contributed by atoms with van der Waals surface area (Å²) >= 11 is 0. The molecule has 0 bridgehead atoms. The third-order valence-corrected chi connectivity index (χ3v) is 1.33. The maximum atomic E-state index is 11.5. The smallest absolute Gasteiger partial charge is 0.111 e. The van der Waals surface area contributed by atoms with E-state index in [1.807, 2.05) is 25.1 Å². The van der Waals surface area contributed by atoms with Crippen molar-refractivity contribution in [1.82, 2.24) is 0 Å². The van der Waals surface area contributed by atoms with Gasteiger partial charge >= 0.3 is 0 Å². The van der Waals surface area contributed by atoms with E-state index in [1.54, 1.807) is 6.07 Å². The number of rotatable bonds is 0. The van der Waals surface area contributed by atoms with Gasteiger partial charge in [-0.1, -0.05) is 18.2 Å². The highest BCUT2D eigenvalue weighted by atomic mass is 19.1. The zero-order valence-electron chi connectivity index (χ0n) is 5.69. The molecule has 0 aliphatic carbocycles. The summed E-state index contributed by atoms with van der Waals surface area (Å²) in [5.41, 5.74) is 1.76. The minimum absolute atomic E-state index is 0.755. The first-order valence-electron chi connectivity index (χ1n) is 3.02. The molecule has 1 rings (SSSR count). The molecule has 0 saturated heterocycles. The Morgan fingerprint density at radius 3 is 2.60 bits per heavy atom. The molecule has 0 amide bonds. The molecule has 0 heterocycles. The van der Waals surface area contributed by atoms with Crippen molar-refractivity contribution in [2.75, 3.05) is 0 Å². The molecule has 10 heavy (non-hydrogen) atoms. The lowest BCUT2D eigenvalue weighted by molar-refractivity contribution is 0.773. The fourth-order valence-electron chi connectivity index (χ4n) is 0.764. The van der Waals surface area contributed by atoms with Crippen molar-refractivity contribution in [3.8, 4) is 12.1 Å². The van der Waals surface area contributed by atoms with Crippen LogP contribution in [0.2, 0.25) is 0 Å². The zero-order chi connectivity index (χ0) is 7.40. The SMILES string of the molecule is Cc1ccccc1C#CF. The van der Waals surface area contributed by atoms with E-state index in [0.717, 1.165) is 11.1 Å². The second-order valence-corrected chi connectivity index (χ2v) is 2.03. The average Bonchev–Trinajstić information content (AvgIpc) is 1.94. The molecule has 0 spiro atoms. The molecule has 0 radical (unpaired) electrons. The molecule has 0 fully saturated rings. The largest absolute Gasteiger partial charge is 0.144 e. The maximum Gasteiger partial charge on any atom is 0.111 e. The third kappa shape index (κ3) is 1.35. The van der Waals surface area contributed by atoms with Crippen LogP contribution in [0.3, 0.4) is 0 Å². The van der Waals surface area contributed by atoms with Crippen LogP contribution in [-0.2, 0) is 0 Å². The van der Waals surface area contributed by atoms with Gasteiger partial charge in [-0.25, -0.2) is 0 Å². The lowest BCUT2D eigenvalue weighted by atomic mass is 10.1. The van der Waals surface area contributed by atoms with Crippen LogP contribution in [0.5, 0.6) is 0 Å². The summed E-state index contributed by atoms with van der Waals surface area (Å²) in [5.74, 6) is 2.36. The Balaban J connectivity index is 3.11. The Hall–Kier alpha value is -1.29. The summed E-state index contributed by atoms with van der Waals surface area (Å²) in [6, 6.07) is 7.44. The molecule has 0 aliphatic heterocycles. The summed E-state index contributed by atoms with van der Waals surface area (Å²) in [4.78, 5) is 0. The summed E-state index contributed by atoms with van der Waals surface area (Å²) < 4.78 is 11.5. The van der Waals surface area contributed by atoms with Crippen LogP contribution in [0.4, 0.5) is 4.39 Å². The standard InChI is InChI=1S/C9H7F/c1-8-4-2-3-5-9(8)6-7-10/h2-5H,1H3. The highest BCUT2D eigenvalue weighted by Gasteiger charge is 1.88. The van der Waals surface area contributed by atoms with Gasteiger partial charge in [0.15, 0.2) is 0 Å². The monoisotopic (exact) mass is 134 g/mol. The van der Waals surface area contributed by atoms with Gasteiger partial charge in [-0.05, 0) is 24.5 Å². The Kier molecular flexibility index (Phi) is 2.07. The quantitative estimate of drug-likeness (QED) is 0.477. The molecule has 0 atom stereocenters. The predicted molar refractivity (Wildman–Crippen MR) is 39.2 cm³/mol. The normalized spacial score (nSPS) is 8.20. The van der Waals surface area contributed by atoms with Crippen LogP contribution in [0.15, 0.2) is 24.3 Å². The number of hydrogen-bond donors (Lipinski definition) is 0. The molecule has 0 saturated carbocycles. The Morgan fingerprint density at radius 1 is 1.30 bits per heavy atom. The van der Waals surface area contributed by atoms with Crippen LogP contribution in [0.1, 0.15) is 11.1 Å². The van der Waals surface area contributed by atoms with Gasteiger partial charge in [-0.3, -0.25) is 0 Å². The number of aryl methyl sites for hydroxylation is 1. The van der Waals surface area contributed by atoms with Gasteiger partial charge in [0, 0.05) is 5.56 Å². The number of hydrogen-bond acceptors (Lipinski definition) is 0. The third-order valence-electron chi connectivity index (χ3n) is 1.33. The summed E-state index contributed by atoms with van der Waals surface area (Å²) in [6.45, 7) is 1.90. The van der Waals surface area contributed by atoms with E-state index < -0.39 is 0 Å². The van der Waals surface area contributed by atoms with E-state index in [-0.39, 0.29) is 0 Å². The lowest BCUT2D eigenvalue weighted by Gasteiger charge is -1.92. The summed E-state index contributed by atoms with van der Waals surface area (Å²) in [7, 11) is 0. The van der Waals surface area contributed by atoms with Crippen LogP contribution < -0.4 is 0 Å². The topological polar surface area (TPSA) is 0 Å². The van der Waals surface area contributed by atoms with Gasteiger partial charge in [0.1, 0.15) is 6.17 Å². The van der Waals surface area contributed by atoms with Crippen LogP contribution >= 0.6 is 0 Å². The van der Waals surface area contributed by atoms with Crippen molar-refractivity contribution in [3.63, 3.8) is 0 Å². The Labute approximate surface area is 59.7 Å². The zero-order valence-corrected chi connectivity index (χ0v) is 5.69. The molecule has 50 valence electrons. The first-order chi connectivity index (χ1) is 4.84. The van der Waals surface area contributed by atoms with Gasteiger partial charge in [0.05, 0.1) is 0 Å². The van der Waals surface area contributed by atoms with E-state index in [9.17, 15) is 4.39 Å². The van der Waals surface area contributed by atoms with Gasteiger partial charge in [-0.15, -0.1) is 4.39 Å². The molecule has 0 N–H and O–H groups in total. The van der Waals surface area contributed by atoms with Gasteiger partial charge in [-0.2, -0.15) is 0 Å².